The van der Waals surface area contributed by atoms with Gasteiger partial charge < -0.3 is 10.1 Å². The molecule has 0 radical (unpaired) electrons. The Bertz CT molecular complexity index is 381. The third kappa shape index (κ3) is 3.10. The average molecular weight is 331 g/mol. The molecule has 1 aromatic carbocycles. The molecule has 4 heteroatoms. The number of benzene rings is 1. The second kappa shape index (κ2) is 5.52. The van der Waals surface area contributed by atoms with Crippen LogP contribution in [0, 0.1) is 3.57 Å². The van der Waals surface area contributed by atoms with Crippen molar-refractivity contribution in [3.05, 3.63) is 27.8 Å². The first-order valence-electron chi connectivity index (χ1n) is 5.45. The summed E-state index contributed by atoms with van der Waals surface area (Å²) in [6.07, 6.45) is 2.54. The maximum Gasteiger partial charge on any atom is 0.261 e. The van der Waals surface area contributed by atoms with Crippen LogP contribution >= 0.6 is 22.6 Å². The Balaban J connectivity index is 2.05. The van der Waals surface area contributed by atoms with Crippen LogP contribution < -0.4 is 10.1 Å². The molecule has 86 valence electrons. The number of halogens is 1. The average Bonchev–Trinajstić information content (AvgIpc) is 2.45. The van der Waals surface area contributed by atoms with Crippen molar-refractivity contribution in [1.29, 1.82) is 0 Å². The minimum atomic E-state index is -0.333. The van der Waals surface area contributed by atoms with E-state index in [0.717, 1.165) is 35.1 Å². The number of carbonyl (C=O) groups excluding carboxylic acids is 1. The summed E-state index contributed by atoms with van der Waals surface area (Å²) >= 11 is 2.23. The number of nitrogens with one attached hydrogen (secondary N) is 1. The van der Waals surface area contributed by atoms with Crippen LogP contribution in [0.2, 0.25) is 0 Å². The van der Waals surface area contributed by atoms with Crippen molar-refractivity contribution in [2.24, 2.45) is 0 Å². The Morgan fingerprint density at radius 1 is 1.38 bits per heavy atom. The molecule has 0 aromatic heterocycles. The molecular formula is C12H14INO2. The third-order valence-electron chi connectivity index (χ3n) is 2.56. The standard InChI is InChI=1S/C12H14INO2/c13-9-4-3-5-10(8-9)16-11-6-1-2-7-14-12(11)15/h3-5,8,11H,1-2,6-7H2,(H,14,15). The highest BCUT2D eigenvalue weighted by Gasteiger charge is 2.22. The highest BCUT2D eigenvalue weighted by Crippen LogP contribution is 2.18. The fourth-order valence-corrected chi connectivity index (χ4v) is 2.24. The molecule has 3 nitrogen and oxygen atoms in total. The molecule has 1 fully saturated rings. The Kier molecular flexibility index (Phi) is 4.04. The summed E-state index contributed by atoms with van der Waals surface area (Å²) in [6, 6.07) is 7.77. The van der Waals surface area contributed by atoms with Crippen LogP contribution in [0.15, 0.2) is 24.3 Å². The number of hydrogen-bond acceptors (Lipinski definition) is 2. The molecule has 1 aliphatic rings. The zero-order chi connectivity index (χ0) is 11.4. The highest BCUT2D eigenvalue weighted by atomic mass is 127. The van der Waals surface area contributed by atoms with Gasteiger partial charge in [0.25, 0.3) is 5.91 Å². The van der Waals surface area contributed by atoms with Gasteiger partial charge >= 0.3 is 0 Å². The molecule has 2 rings (SSSR count). The first-order valence-corrected chi connectivity index (χ1v) is 6.53. The molecule has 1 saturated heterocycles. The van der Waals surface area contributed by atoms with Crippen LogP contribution in [-0.2, 0) is 4.79 Å². The molecule has 1 aromatic rings. The molecule has 1 heterocycles. The third-order valence-corrected chi connectivity index (χ3v) is 3.23. The topological polar surface area (TPSA) is 38.3 Å². The summed E-state index contributed by atoms with van der Waals surface area (Å²) in [5.74, 6) is 0.783. The summed E-state index contributed by atoms with van der Waals surface area (Å²) in [5.41, 5.74) is 0. The van der Waals surface area contributed by atoms with Crippen LogP contribution in [0.4, 0.5) is 0 Å². The van der Waals surface area contributed by atoms with Gasteiger partial charge in [-0.25, -0.2) is 0 Å². The minimum absolute atomic E-state index is 0.0105. The second-order valence-corrected chi connectivity index (χ2v) is 5.10. The molecule has 0 saturated carbocycles. The quantitative estimate of drug-likeness (QED) is 0.845. The SMILES string of the molecule is O=C1NCCCCC1Oc1cccc(I)c1. The van der Waals surface area contributed by atoms with Gasteiger partial charge in [0, 0.05) is 10.1 Å². The van der Waals surface area contributed by atoms with E-state index in [1.165, 1.54) is 0 Å². The van der Waals surface area contributed by atoms with Crippen LogP contribution in [0.25, 0.3) is 0 Å². The molecule has 1 unspecified atom stereocenters. The Morgan fingerprint density at radius 3 is 3.06 bits per heavy atom. The van der Waals surface area contributed by atoms with Crippen molar-refractivity contribution in [3.8, 4) is 5.75 Å². The Morgan fingerprint density at radius 2 is 2.25 bits per heavy atom. The lowest BCUT2D eigenvalue weighted by Crippen LogP contribution is -2.36. The monoisotopic (exact) mass is 331 g/mol. The summed E-state index contributed by atoms with van der Waals surface area (Å²) in [7, 11) is 0. The number of hydrogen-bond donors (Lipinski definition) is 1. The molecule has 16 heavy (non-hydrogen) atoms. The molecule has 0 bridgehead atoms. The van der Waals surface area contributed by atoms with Gasteiger partial charge in [0.05, 0.1) is 0 Å². The molecule has 0 spiro atoms. The summed E-state index contributed by atoms with van der Waals surface area (Å²) in [5, 5.41) is 2.86. The van der Waals surface area contributed by atoms with Crippen LogP contribution in [0.5, 0.6) is 5.75 Å². The van der Waals surface area contributed by atoms with E-state index in [1.807, 2.05) is 24.3 Å². The van der Waals surface area contributed by atoms with E-state index in [4.69, 9.17) is 4.74 Å². The van der Waals surface area contributed by atoms with Crippen molar-refractivity contribution in [2.45, 2.75) is 25.4 Å². The minimum Gasteiger partial charge on any atom is -0.481 e. The van der Waals surface area contributed by atoms with Crippen molar-refractivity contribution in [2.75, 3.05) is 6.54 Å². The van der Waals surface area contributed by atoms with Crippen LogP contribution in [-0.4, -0.2) is 18.6 Å². The van der Waals surface area contributed by atoms with Gasteiger partial charge in [-0.2, -0.15) is 0 Å². The smallest absolute Gasteiger partial charge is 0.261 e. The van der Waals surface area contributed by atoms with Crippen molar-refractivity contribution >= 4 is 28.5 Å². The number of amides is 1. The first-order chi connectivity index (χ1) is 7.75. The molecule has 1 amide bonds. The summed E-state index contributed by atoms with van der Waals surface area (Å²) < 4.78 is 6.83. The van der Waals surface area contributed by atoms with Gasteiger partial charge in [-0.15, -0.1) is 0 Å². The maximum absolute atomic E-state index is 11.7. The van der Waals surface area contributed by atoms with E-state index in [1.54, 1.807) is 0 Å². The van der Waals surface area contributed by atoms with E-state index in [9.17, 15) is 4.79 Å². The number of rotatable bonds is 2. The molecular weight excluding hydrogens is 317 g/mol. The lowest BCUT2D eigenvalue weighted by atomic mass is 10.2. The molecule has 1 atom stereocenters. The van der Waals surface area contributed by atoms with Crippen molar-refractivity contribution in [3.63, 3.8) is 0 Å². The molecule has 1 aliphatic heterocycles. The maximum atomic E-state index is 11.7. The summed E-state index contributed by atoms with van der Waals surface area (Å²) in [6.45, 7) is 0.769. The van der Waals surface area contributed by atoms with E-state index in [-0.39, 0.29) is 12.0 Å². The normalized spacial score (nSPS) is 21.1. The van der Waals surface area contributed by atoms with Gasteiger partial charge in [0.15, 0.2) is 6.10 Å². The lowest BCUT2D eigenvalue weighted by molar-refractivity contribution is -0.127. The molecule has 1 N–H and O–H groups in total. The van der Waals surface area contributed by atoms with Gasteiger partial charge in [-0.3, -0.25) is 4.79 Å². The van der Waals surface area contributed by atoms with Gasteiger partial charge in [0.1, 0.15) is 5.75 Å². The first kappa shape index (κ1) is 11.7. The summed E-state index contributed by atoms with van der Waals surface area (Å²) in [4.78, 5) is 11.7. The lowest BCUT2D eigenvalue weighted by Gasteiger charge is -2.15. The van der Waals surface area contributed by atoms with Crippen LogP contribution in [0.3, 0.4) is 0 Å². The second-order valence-electron chi connectivity index (χ2n) is 3.85. The van der Waals surface area contributed by atoms with Crippen molar-refractivity contribution < 1.29 is 9.53 Å². The highest BCUT2D eigenvalue weighted by molar-refractivity contribution is 14.1. The Labute approximate surface area is 109 Å². The Hall–Kier alpha value is -0.780. The van der Waals surface area contributed by atoms with Crippen molar-refractivity contribution in [1.82, 2.24) is 5.32 Å². The van der Waals surface area contributed by atoms with Gasteiger partial charge in [0.2, 0.25) is 0 Å². The van der Waals surface area contributed by atoms with Gasteiger partial charge in [-0.05, 0) is 60.1 Å². The molecule has 0 aliphatic carbocycles. The number of carbonyl (C=O) groups is 1. The van der Waals surface area contributed by atoms with E-state index in [2.05, 4.69) is 27.9 Å². The number of ether oxygens (including phenoxy) is 1. The predicted molar refractivity (Wildman–Crippen MR) is 70.4 cm³/mol. The largest absolute Gasteiger partial charge is 0.481 e. The van der Waals surface area contributed by atoms with Gasteiger partial charge in [-0.1, -0.05) is 6.07 Å². The predicted octanol–water partition coefficient (Wildman–Crippen LogP) is 2.34. The van der Waals surface area contributed by atoms with E-state index in [0.29, 0.717) is 0 Å². The van der Waals surface area contributed by atoms with Crippen LogP contribution in [0.1, 0.15) is 19.3 Å². The zero-order valence-corrected chi connectivity index (χ0v) is 11.1. The zero-order valence-electron chi connectivity index (χ0n) is 8.91. The fraction of sp³-hybridized carbons (Fsp3) is 0.417. The van der Waals surface area contributed by atoms with E-state index >= 15 is 0 Å². The van der Waals surface area contributed by atoms with E-state index < -0.39 is 0 Å². The fourth-order valence-electron chi connectivity index (χ4n) is 1.73.